The fourth-order valence-electron chi connectivity index (χ4n) is 3.80. The molecular formula is C24H29N5OS. The van der Waals surface area contributed by atoms with Crippen LogP contribution in [0.2, 0.25) is 0 Å². The van der Waals surface area contributed by atoms with Gasteiger partial charge in [0.15, 0.2) is 0 Å². The minimum Gasteiger partial charge on any atom is -0.369 e. The molecule has 3 aromatic rings. The first kappa shape index (κ1) is 21.5. The van der Waals surface area contributed by atoms with Crippen molar-refractivity contribution >= 4 is 22.9 Å². The van der Waals surface area contributed by atoms with E-state index in [2.05, 4.69) is 51.1 Å². The maximum absolute atomic E-state index is 12.7. The number of aromatic nitrogens is 2. The van der Waals surface area contributed by atoms with Crippen molar-refractivity contribution in [1.82, 2.24) is 20.2 Å². The summed E-state index contributed by atoms with van der Waals surface area (Å²) in [6, 6.07) is 12.2. The van der Waals surface area contributed by atoms with E-state index in [0.29, 0.717) is 11.6 Å². The maximum atomic E-state index is 12.7. The molecule has 1 aliphatic rings. The zero-order valence-corrected chi connectivity index (χ0v) is 19.1. The number of piperazine rings is 1. The van der Waals surface area contributed by atoms with Crippen molar-refractivity contribution in [3.63, 3.8) is 0 Å². The van der Waals surface area contributed by atoms with Crippen LogP contribution in [0, 0.1) is 0 Å². The molecule has 162 valence electrons. The maximum Gasteiger partial charge on any atom is 0.251 e. The van der Waals surface area contributed by atoms with Gasteiger partial charge < -0.3 is 10.2 Å². The number of nitrogens with one attached hydrogen (secondary N) is 1. The number of pyridine rings is 1. The molecule has 0 aliphatic carbocycles. The molecule has 1 saturated heterocycles. The second kappa shape index (κ2) is 9.58. The Hall–Kier alpha value is -2.77. The Morgan fingerprint density at radius 2 is 1.81 bits per heavy atom. The lowest BCUT2D eigenvalue weighted by Crippen LogP contribution is -2.48. The number of hydrogen-bond acceptors (Lipinski definition) is 6. The molecule has 3 heterocycles. The summed E-state index contributed by atoms with van der Waals surface area (Å²) in [4.78, 5) is 26.5. The minimum absolute atomic E-state index is 0.0817. The Morgan fingerprint density at radius 3 is 2.45 bits per heavy atom. The van der Waals surface area contributed by atoms with Crippen LogP contribution in [-0.4, -0.2) is 53.0 Å². The van der Waals surface area contributed by atoms with Crippen LogP contribution in [0.1, 0.15) is 42.2 Å². The van der Waals surface area contributed by atoms with Crippen LogP contribution in [0.3, 0.4) is 0 Å². The van der Waals surface area contributed by atoms with Crippen molar-refractivity contribution in [2.24, 2.45) is 0 Å². The van der Waals surface area contributed by atoms with Crippen LogP contribution in [0.4, 0.5) is 5.69 Å². The van der Waals surface area contributed by atoms with E-state index < -0.39 is 0 Å². The lowest BCUT2D eigenvalue weighted by molar-refractivity contribution is 0.0940. The van der Waals surface area contributed by atoms with Gasteiger partial charge in [-0.05, 0) is 57.2 Å². The molecule has 31 heavy (non-hydrogen) atoms. The smallest absolute Gasteiger partial charge is 0.251 e. The van der Waals surface area contributed by atoms with E-state index in [0.717, 1.165) is 42.4 Å². The van der Waals surface area contributed by atoms with Crippen molar-refractivity contribution in [3.8, 4) is 11.3 Å². The van der Waals surface area contributed by atoms with Crippen molar-refractivity contribution in [2.75, 3.05) is 31.1 Å². The number of carbonyl (C=O) groups is 1. The molecule has 0 radical (unpaired) electrons. The Labute approximate surface area is 187 Å². The molecule has 1 N–H and O–H groups in total. The molecule has 1 aromatic carbocycles. The predicted octanol–water partition coefficient (Wildman–Crippen LogP) is 4.23. The highest BCUT2D eigenvalue weighted by Gasteiger charge is 2.20. The number of anilines is 1. The summed E-state index contributed by atoms with van der Waals surface area (Å²) < 4.78 is 0. The molecule has 0 bridgehead atoms. The topological polar surface area (TPSA) is 61.4 Å². The third-order valence-electron chi connectivity index (χ3n) is 5.74. The second-order valence-electron chi connectivity index (χ2n) is 8.17. The summed E-state index contributed by atoms with van der Waals surface area (Å²) in [7, 11) is 0. The largest absolute Gasteiger partial charge is 0.369 e. The van der Waals surface area contributed by atoms with Crippen molar-refractivity contribution in [1.29, 1.82) is 0 Å². The van der Waals surface area contributed by atoms with Gasteiger partial charge in [0.1, 0.15) is 5.01 Å². The summed E-state index contributed by atoms with van der Waals surface area (Å²) in [5, 5.41) is 5.95. The zero-order chi connectivity index (χ0) is 21.8. The van der Waals surface area contributed by atoms with Crippen LogP contribution in [0.15, 0.2) is 54.2 Å². The Balaban J connectivity index is 1.35. The van der Waals surface area contributed by atoms with Gasteiger partial charge in [-0.25, -0.2) is 4.98 Å². The third-order valence-corrected chi connectivity index (χ3v) is 6.76. The highest BCUT2D eigenvalue weighted by Crippen LogP contribution is 2.25. The molecule has 1 aliphatic heterocycles. The highest BCUT2D eigenvalue weighted by atomic mass is 32.1. The summed E-state index contributed by atoms with van der Waals surface area (Å²) in [6.45, 7) is 10.6. The average Bonchev–Trinajstić information content (AvgIpc) is 3.30. The molecule has 0 saturated carbocycles. The van der Waals surface area contributed by atoms with Gasteiger partial charge >= 0.3 is 0 Å². The quantitative estimate of drug-likeness (QED) is 0.628. The average molecular weight is 436 g/mol. The monoisotopic (exact) mass is 435 g/mol. The SMILES string of the molecule is CC(NC(=O)c1ccc(N2CCN(C(C)C)CC2)cc1)c1nc(-c2cccnc2)cs1. The normalized spacial score (nSPS) is 15.8. The van der Waals surface area contributed by atoms with Crippen LogP contribution >= 0.6 is 11.3 Å². The van der Waals surface area contributed by atoms with Crippen LogP contribution < -0.4 is 10.2 Å². The molecule has 1 atom stereocenters. The first-order valence-electron chi connectivity index (χ1n) is 10.8. The van der Waals surface area contributed by atoms with Gasteiger partial charge in [-0.1, -0.05) is 0 Å². The number of benzene rings is 1. The van der Waals surface area contributed by atoms with Gasteiger partial charge in [-0.3, -0.25) is 14.7 Å². The fraction of sp³-hybridized carbons (Fsp3) is 0.375. The van der Waals surface area contributed by atoms with E-state index in [-0.39, 0.29) is 11.9 Å². The van der Waals surface area contributed by atoms with Crippen LogP contribution in [-0.2, 0) is 0 Å². The Kier molecular flexibility index (Phi) is 6.63. The Morgan fingerprint density at radius 1 is 1.06 bits per heavy atom. The fourth-order valence-corrected chi connectivity index (χ4v) is 4.63. The van der Waals surface area contributed by atoms with Gasteiger partial charge in [0.05, 0.1) is 11.7 Å². The van der Waals surface area contributed by atoms with Gasteiger partial charge in [-0.15, -0.1) is 11.3 Å². The molecule has 1 unspecified atom stereocenters. The van der Waals surface area contributed by atoms with Crippen LogP contribution in [0.25, 0.3) is 11.3 Å². The lowest BCUT2D eigenvalue weighted by Gasteiger charge is -2.38. The van der Waals surface area contributed by atoms with E-state index in [4.69, 9.17) is 0 Å². The number of amides is 1. The van der Waals surface area contributed by atoms with Crippen molar-refractivity contribution in [3.05, 3.63) is 64.7 Å². The van der Waals surface area contributed by atoms with Gasteiger partial charge in [0.25, 0.3) is 5.91 Å². The summed E-state index contributed by atoms with van der Waals surface area (Å²) >= 11 is 1.55. The van der Waals surface area contributed by atoms with E-state index in [9.17, 15) is 4.79 Å². The number of carbonyl (C=O) groups excluding carboxylic acids is 1. The first-order chi connectivity index (χ1) is 15.0. The first-order valence-corrected chi connectivity index (χ1v) is 11.6. The van der Waals surface area contributed by atoms with Crippen molar-refractivity contribution in [2.45, 2.75) is 32.9 Å². The molecule has 1 amide bonds. The minimum atomic E-state index is -0.160. The molecular weight excluding hydrogens is 406 g/mol. The number of thiazole rings is 1. The summed E-state index contributed by atoms with van der Waals surface area (Å²) in [5.41, 5.74) is 3.71. The van der Waals surface area contributed by atoms with E-state index in [1.54, 1.807) is 23.7 Å². The molecule has 0 spiro atoms. The predicted molar refractivity (Wildman–Crippen MR) is 127 cm³/mol. The van der Waals surface area contributed by atoms with Gasteiger partial charge in [-0.2, -0.15) is 0 Å². The molecule has 1 fully saturated rings. The molecule has 7 heteroatoms. The lowest BCUT2D eigenvalue weighted by atomic mass is 10.1. The Bertz CT molecular complexity index is 994. The highest BCUT2D eigenvalue weighted by molar-refractivity contribution is 7.10. The number of nitrogens with zero attached hydrogens (tertiary/aromatic N) is 4. The van der Waals surface area contributed by atoms with Gasteiger partial charge in [0.2, 0.25) is 0 Å². The molecule has 2 aromatic heterocycles. The standard InChI is InChI=1S/C24H29N5OS/c1-17(2)28-11-13-29(14-12-28)21-8-6-19(7-9-21)23(30)26-18(3)24-27-22(16-31-24)20-5-4-10-25-15-20/h4-10,15-18H,11-14H2,1-3H3,(H,26,30). The zero-order valence-electron chi connectivity index (χ0n) is 18.3. The summed E-state index contributed by atoms with van der Waals surface area (Å²) in [5.74, 6) is -0.0817. The molecule has 6 nitrogen and oxygen atoms in total. The second-order valence-corrected chi connectivity index (χ2v) is 9.06. The van der Waals surface area contributed by atoms with E-state index >= 15 is 0 Å². The van der Waals surface area contributed by atoms with Crippen LogP contribution in [0.5, 0.6) is 0 Å². The number of rotatable bonds is 6. The van der Waals surface area contributed by atoms with Gasteiger partial charge in [0, 0.05) is 66.8 Å². The van der Waals surface area contributed by atoms with E-state index in [1.807, 2.05) is 36.6 Å². The molecule has 4 rings (SSSR count). The van der Waals surface area contributed by atoms with E-state index in [1.165, 1.54) is 5.69 Å². The number of hydrogen-bond donors (Lipinski definition) is 1. The summed E-state index contributed by atoms with van der Waals surface area (Å²) in [6.07, 6.45) is 3.54. The third kappa shape index (κ3) is 5.11. The van der Waals surface area contributed by atoms with Crippen molar-refractivity contribution < 1.29 is 4.79 Å².